The lowest BCUT2D eigenvalue weighted by Gasteiger charge is -2.35. The van der Waals surface area contributed by atoms with Crippen LogP contribution >= 0.6 is 0 Å². The molecule has 6 amide bonds. The van der Waals surface area contributed by atoms with Gasteiger partial charge in [-0.05, 0) is 88.3 Å². The fourth-order valence-electron chi connectivity index (χ4n) is 8.75. The minimum absolute atomic E-state index is 0.0162. The van der Waals surface area contributed by atoms with Crippen molar-refractivity contribution in [3.8, 4) is 0 Å². The maximum absolute atomic E-state index is 14.6. The van der Waals surface area contributed by atoms with Crippen LogP contribution in [0.15, 0.2) is 72.8 Å². The van der Waals surface area contributed by atoms with Crippen molar-refractivity contribution in [2.45, 2.75) is 163 Å². The van der Waals surface area contributed by atoms with Gasteiger partial charge in [0.2, 0.25) is 35.4 Å². The number of hydrogen-bond acceptors (Lipinski definition) is 10. The maximum Gasteiger partial charge on any atom is 0.329 e. The fourth-order valence-corrected chi connectivity index (χ4v) is 8.75. The predicted molar refractivity (Wildman–Crippen MR) is 276 cm³/mol. The van der Waals surface area contributed by atoms with Gasteiger partial charge in [0.15, 0.2) is 0 Å². The third-order valence-electron chi connectivity index (χ3n) is 13.4. The predicted octanol–water partition coefficient (Wildman–Crippen LogP) is 5.74. The lowest BCUT2D eigenvalue weighted by atomic mass is 9.93. The summed E-state index contributed by atoms with van der Waals surface area (Å²) in [4.78, 5) is 105. The Bertz CT molecular complexity index is 2100. The summed E-state index contributed by atoms with van der Waals surface area (Å²) in [5.74, 6) is -4.09. The molecule has 1 aliphatic heterocycles. The van der Waals surface area contributed by atoms with Gasteiger partial charge in [0.1, 0.15) is 48.6 Å². The molecule has 2 aromatic rings. The highest BCUT2D eigenvalue weighted by Crippen LogP contribution is 2.35. The first-order chi connectivity index (χ1) is 33.3. The number of carbonyl (C=O) groups is 7. The van der Waals surface area contributed by atoms with E-state index in [1.54, 1.807) is 20.8 Å². The van der Waals surface area contributed by atoms with Crippen LogP contribution in [0.1, 0.15) is 113 Å². The standard InChI is InChI=1S/C55H85N7O9/c1-16-18-25-38(9)48-47(62(15)55(10,11)71-48)51(66)56-41(17-2)52(67)59(12)33-45(63)60(13)43(30-35(3)4)50(65)58-46(37(7)8)53(68)61(14)44(31-36(5)6)49(64)57-42(32-39-26-21-19-22-27-39)54(69)70-34-40-28-23-20-24-29-40/h16,18-24,26-29,35-38,41-44,46-48H,17,25,30-34H2,1-15H3,(H,56,66)(H,57,64)(H,58,65)/b18-16+/t38-,41+,42+,43+,44+,46+,47+,48-/m1/s1. The van der Waals surface area contributed by atoms with E-state index in [0.29, 0.717) is 0 Å². The molecule has 0 saturated carbocycles. The number of likely N-dealkylation sites (N-methyl/N-ethyl adjacent to an activating group) is 4. The second kappa shape index (κ2) is 27.8. The van der Waals surface area contributed by atoms with Crippen LogP contribution in [0.2, 0.25) is 0 Å². The molecule has 2 aromatic carbocycles. The first kappa shape index (κ1) is 59.7. The Morgan fingerprint density at radius 1 is 0.746 bits per heavy atom. The number of allylic oxidation sites excluding steroid dienone is 2. The zero-order chi connectivity index (χ0) is 53.3. The van der Waals surface area contributed by atoms with E-state index in [0.717, 1.165) is 17.5 Å². The Balaban J connectivity index is 1.79. The Kier molecular flexibility index (Phi) is 23.4. The van der Waals surface area contributed by atoms with Crippen molar-refractivity contribution in [2.75, 3.05) is 34.7 Å². The van der Waals surface area contributed by atoms with Gasteiger partial charge >= 0.3 is 5.97 Å². The normalized spacial score (nSPS) is 18.3. The Hall–Kier alpha value is -5.61. The van der Waals surface area contributed by atoms with E-state index in [-0.39, 0.29) is 62.5 Å². The molecular weight excluding hydrogens is 903 g/mol. The molecule has 3 rings (SSSR count). The number of carbonyl (C=O) groups excluding carboxylic acids is 7. The van der Waals surface area contributed by atoms with E-state index < -0.39 is 89.5 Å². The molecule has 1 heterocycles. The number of nitrogens with zero attached hydrogens (tertiary/aromatic N) is 4. The molecule has 71 heavy (non-hydrogen) atoms. The van der Waals surface area contributed by atoms with Crippen LogP contribution in [-0.4, -0.2) is 144 Å². The first-order valence-corrected chi connectivity index (χ1v) is 25.3. The molecule has 1 saturated heterocycles. The van der Waals surface area contributed by atoms with Gasteiger partial charge in [-0.15, -0.1) is 0 Å². The number of benzene rings is 2. The van der Waals surface area contributed by atoms with E-state index >= 15 is 0 Å². The van der Waals surface area contributed by atoms with E-state index in [2.05, 4.69) is 16.0 Å². The molecule has 3 N–H and O–H groups in total. The highest BCUT2D eigenvalue weighted by Gasteiger charge is 2.51. The number of esters is 1. The van der Waals surface area contributed by atoms with E-state index in [9.17, 15) is 33.6 Å². The van der Waals surface area contributed by atoms with Crippen LogP contribution in [0.4, 0.5) is 0 Å². The molecule has 0 unspecified atom stereocenters. The first-order valence-electron chi connectivity index (χ1n) is 25.3. The largest absolute Gasteiger partial charge is 0.459 e. The summed E-state index contributed by atoms with van der Waals surface area (Å²) in [6.07, 6.45) is 5.23. The maximum atomic E-state index is 14.6. The molecule has 0 bridgehead atoms. The van der Waals surface area contributed by atoms with E-state index in [1.807, 2.05) is 140 Å². The van der Waals surface area contributed by atoms with Crippen molar-refractivity contribution < 1.29 is 43.0 Å². The molecule has 394 valence electrons. The molecule has 1 aliphatic rings. The van der Waals surface area contributed by atoms with Crippen LogP contribution in [0.25, 0.3) is 0 Å². The summed E-state index contributed by atoms with van der Waals surface area (Å²) in [5.41, 5.74) is 0.883. The van der Waals surface area contributed by atoms with Crippen molar-refractivity contribution in [1.82, 2.24) is 35.6 Å². The van der Waals surface area contributed by atoms with Crippen molar-refractivity contribution in [3.05, 3.63) is 83.9 Å². The van der Waals surface area contributed by atoms with Gasteiger partial charge in [0, 0.05) is 27.6 Å². The highest BCUT2D eigenvalue weighted by atomic mass is 16.5. The molecule has 0 radical (unpaired) electrons. The smallest absolute Gasteiger partial charge is 0.329 e. The van der Waals surface area contributed by atoms with Crippen LogP contribution in [0.3, 0.4) is 0 Å². The molecule has 0 spiro atoms. The molecule has 8 atom stereocenters. The van der Waals surface area contributed by atoms with Crippen LogP contribution in [0, 0.1) is 23.7 Å². The SMILES string of the molecule is C/C=C/C[C@@H](C)[C@H]1OC(C)(C)N(C)[C@@H]1C(=O)N[C@@H](CC)C(=O)N(C)CC(=O)N(C)[C@@H](CC(C)C)C(=O)N[C@H](C(=O)N(C)[C@@H](CC(C)C)C(=O)N[C@@H](Cc1ccccc1)C(=O)OCc1ccccc1)C(C)C. The Morgan fingerprint density at radius 3 is 1.80 bits per heavy atom. The number of hydrogen-bond donors (Lipinski definition) is 3. The average molecular weight is 988 g/mol. The van der Waals surface area contributed by atoms with Crippen molar-refractivity contribution in [3.63, 3.8) is 0 Å². The number of nitrogens with one attached hydrogen (secondary N) is 3. The van der Waals surface area contributed by atoms with E-state index in [1.165, 1.54) is 35.8 Å². The van der Waals surface area contributed by atoms with Crippen molar-refractivity contribution in [1.29, 1.82) is 0 Å². The Labute approximate surface area is 424 Å². The van der Waals surface area contributed by atoms with Gasteiger partial charge in [-0.1, -0.05) is 128 Å². The third kappa shape index (κ3) is 17.3. The second-order valence-electron chi connectivity index (χ2n) is 20.8. The lowest BCUT2D eigenvalue weighted by Crippen LogP contribution is -2.60. The third-order valence-corrected chi connectivity index (χ3v) is 13.4. The summed E-state index contributed by atoms with van der Waals surface area (Å²) in [6, 6.07) is 12.7. The molecule has 16 heteroatoms. The van der Waals surface area contributed by atoms with Crippen LogP contribution in [0.5, 0.6) is 0 Å². The minimum atomic E-state index is -1.09. The van der Waals surface area contributed by atoms with Crippen LogP contribution < -0.4 is 16.0 Å². The molecule has 0 aliphatic carbocycles. The molecule has 0 aromatic heterocycles. The summed E-state index contributed by atoms with van der Waals surface area (Å²) in [6.45, 7) is 20.5. The van der Waals surface area contributed by atoms with Gasteiger partial charge in [-0.2, -0.15) is 0 Å². The van der Waals surface area contributed by atoms with Gasteiger partial charge in [0.25, 0.3) is 0 Å². The lowest BCUT2D eigenvalue weighted by molar-refractivity contribution is -0.150. The molecule has 1 fully saturated rings. The van der Waals surface area contributed by atoms with Gasteiger partial charge in [-0.25, -0.2) is 4.79 Å². The summed E-state index contributed by atoms with van der Waals surface area (Å²) >= 11 is 0. The fraction of sp³-hybridized carbons (Fsp3) is 0.618. The zero-order valence-corrected chi connectivity index (χ0v) is 45.2. The highest BCUT2D eigenvalue weighted by molar-refractivity contribution is 5.96. The molecular formula is C55H85N7O9. The van der Waals surface area contributed by atoms with E-state index in [4.69, 9.17) is 9.47 Å². The Morgan fingerprint density at radius 2 is 1.28 bits per heavy atom. The van der Waals surface area contributed by atoms with Gasteiger partial charge in [-0.3, -0.25) is 33.7 Å². The summed E-state index contributed by atoms with van der Waals surface area (Å²) in [7, 11) is 6.33. The zero-order valence-electron chi connectivity index (χ0n) is 45.2. The number of amides is 6. The average Bonchev–Trinajstić information content (AvgIpc) is 3.58. The monoisotopic (exact) mass is 988 g/mol. The molecule has 16 nitrogen and oxygen atoms in total. The number of rotatable bonds is 26. The second-order valence-corrected chi connectivity index (χ2v) is 20.8. The van der Waals surface area contributed by atoms with Gasteiger partial charge < -0.3 is 40.1 Å². The van der Waals surface area contributed by atoms with Crippen molar-refractivity contribution in [2.24, 2.45) is 23.7 Å². The summed E-state index contributed by atoms with van der Waals surface area (Å²) < 4.78 is 12.1. The number of ether oxygens (including phenoxy) is 2. The van der Waals surface area contributed by atoms with Crippen molar-refractivity contribution >= 4 is 41.4 Å². The van der Waals surface area contributed by atoms with Gasteiger partial charge in [0.05, 0.1) is 12.6 Å². The minimum Gasteiger partial charge on any atom is -0.459 e. The summed E-state index contributed by atoms with van der Waals surface area (Å²) in [5, 5.41) is 8.75. The van der Waals surface area contributed by atoms with Crippen LogP contribution in [-0.2, 0) is 56.1 Å². The quantitative estimate of drug-likeness (QED) is 0.0776. The topological polar surface area (TPSA) is 187 Å².